The van der Waals surface area contributed by atoms with Crippen LogP contribution in [-0.2, 0) is 0 Å². The summed E-state index contributed by atoms with van der Waals surface area (Å²) >= 11 is 0. The molecule has 0 fully saturated rings. The van der Waals surface area contributed by atoms with E-state index in [0.29, 0.717) is 16.5 Å². The molecule has 4 rings (SSSR count). The van der Waals surface area contributed by atoms with Gasteiger partial charge in [0, 0.05) is 17.1 Å². The molecular weight excluding hydrogens is 274 g/mol. The maximum atomic E-state index is 12.5. The Labute approximate surface area is 126 Å². The lowest BCUT2D eigenvalue weighted by Crippen LogP contribution is -2.04. The van der Waals surface area contributed by atoms with E-state index in [4.69, 9.17) is 4.42 Å². The van der Waals surface area contributed by atoms with Gasteiger partial charge in [0.05, 0.1) is 10.9 Å². The molecular formula is C19H13NO2. The lowest BCUT2D eigenvalue weighted by atomic mass is 9.97. The van der Waals surface area contributed by atoms with Gasteiger partial charge in [0.25, 0.3) is 0 Å². The highest BCUT2D eigenvalue weighted by atomic mass is 16.4. The minimum absolute atomic E-state index is 0.344. The SMILES string of the molecule is Cc1cnc2c(c1-c1ccccc1)c(=O)oc1ccccc12. The van der Waals surface area contributed by atoms with Gasteiger partial charge < -0.3 is 4.42 Å². The van der Waals surface area contributed by atoms with Crippen LogP contribution < -0.4 is 5.63 Å². The zero-order valence-corrected chi connectivity index (χ0v) is 12.0. The summed E-state index contributed by atoms with van der Waals surface area (Å²) in [6.45, 7) is 1.96. The number of benzene rings is 2. The first-order chi connectivity index (χ1) is 10.8. The van der Waals surface area contributed by atoms with E-state index in [2.05, 4.69) is 4.98 Å². The fourth-order valence-electron chi connectivity index (χ4n) is 2.89. The highest BCUT2D eigenvalue weighted by Crippen LogP contribution is 2.31. The zero-order chi connectivity index (χ0) is 15.1. The van der Waals surface area contributed by atoms with Crippen molar-refractivity contribution in [2.45, 2.75) is 6.92 Å². The van der Waals surface area contributed by atoms with E-state index in [9.17, 15) is 4.79 Å². The van der Waals surface area contributed by atoms with E-state index in [1.165, 1.54) is 0 Å². The van der Waals surface area contributed by atoms with Crippen LogP contribution in [0.5, 0.6) is 0 Å². The number of fused-ring (bicyclic) bond motifs is 3. The van der Waals surface area contributed by atoms with Crippen molar-refractivity contribution < 1.29 is 4.42 Å². The summed E-state index contributed by atoms with van der Waals surface area (Å²) < 4.78 is 5.50. The van der Waals surface area contributed by atoms with Crippen LogP contribution in [0.2, 0.25) is 0 Å². The third-order valence-electron chi connectivity index (χ3n) is 3.88. The fourth-order valence-corrected chi connectivity index (χ4v) is 2.89. The van der Waals surface area contributed by atoms with Gasteiger partial charge >= 0.3 is 5.63 Å². The van der Waals surface area contributed by atoms with Crippen LogP contribution in [0.3, 0.4) is 0 Å². The lowest BCUT2D eigenvalue weighted by Gasteiger charge is -2.10. The largest absolute Gasteiger partial charge is 0.422 e. The average molecular weight is 287 g/mol. The minimum atomic E-state index is -0.344. The number of hydrogen-bond acceptors (Lipinski definition) is 3. The molecule has 0 aliphatic rings. The Hall–Kier alpha value is -2.94. The van der Waals surface area contributed by atoms with Crippen molar-refractivity contribution in [3.8, 4) is 11.1 Å². The molecule has 2 aromatic carbocycles. The second kappa shape index (κ2) is 4.81. The maximum Gasteiger partial charge on any atom is 0.346 e. The molecule has 0 aliphatic heterocycles. The second-order valence-corrected chi connectivity index (χ2v) is 5.29. The summed E-state index contributed by atoms with van der Waals surface area (Å²) in [6, 6.07) is 17.4. The standard InChI is InChI=1S/C19H13NO2/c1-12-11-20-18-14-9-5-6-10-15(14)22-19(21)17(18)16(12)13-7-3-2-4-8-13/h2-11H,1H3. The van der Waals surface area contributed by atoms with Gasteiger partial charge in [-0.15, -0.1) is 0 Å². The smallest absolute Gasteiger partial charge is 0.346 e. The van der Waals surface area contributed by atoms with Crippen molar-refractivity contribution in [1.29, 1.82) is 0 Å². The van der Waals surface area contributed by atoms with Crippen molar-refractivity contribution in [1.82, 2.24) is 4.98 Å². The number of aromatic nitrogens is 1. The molecule has 0 N–H and O–H groups in total. The van der Waals surface area contributed by atoms with E-state index in [0.717, 1.165) is 22.1 Å². The highest BCUT2D eigenvalue weighted by Gasteiger charge is 2.15. The van der Waals surface area contributed by atoms with Crippen LogP contribution >= 0.6 is 0 Å². The molecule has 0 saturated carbocycles. The average Bonchev–Trinajstić information content (AvgIpc) is 2.56. The first kappa shape index (κ1) is 12.8. The van der Waals surface area contributed by atoms with Crippen molar-refractivity contribution in [3.63, 3.8) is 0 Å². The van der Waals surface area contributed by atoms with Gasteiger partial charge in [0.2, 0.25) is 0 Å². The number of pyridine rings is 1. The summed E-state index contributed by atoms with van der Waals surface area (Å²) in [7, 11) is 0. The van der Waals surface area contributed by atoms with Gasteiger partial charge in [-0.1, -0.05) is 42.5 Å². The number of rotatable bonds is 1. The molecule has 0 bridgehead atoms. The topological polar surface area (TPSA) is 43.1 Å². The Balaban J connectivity index is 2.25. The molecule has 2 aromatic heterocycles. The maximum absolute atomic E-state index is 12.5. The zero-order valence-electron chi connectivity index (χ0n) is 12.0. The number of aryl methyl sites for hydroxylation is 1. The van der Waals surface area contributed by atoms with Gasteiger partial charge in [-0.2, -0.15) is 0 Å². The fraction of sp³-hybridized carbons (Fsp3) is 0.0526. The Morgan fingerprint density at radius 2 is 1.68 bits per heavy atom. The van der Waals surface area contributed by atoms with E-state index >= 15 is 0 Å². The molecule has 0 atom stereocenters. The lowest BCUT2D eigenvalue weighted by molar-refractivity contribution is 0.569. The molecule has 0 aliphatic carbocycles. The monoisotopic (exact) mass is 287 g/mol. The molecule has 4 aromatic rings. The normalized spacial score (nSPS) is 11.1. The molecule has 0 spiro atoms. The Morgan fingerprint density at radius 3 is 2.50 bits per heavy atom. The van der Waals surface area contributed by atoms with Gasteiger partial charge in [0.15, 0.2) is 0 Å². The van der Waals surface area contributed by atoms with Crippen LogP contribution in [-0.4, -0.2) is 4.98 Å². The molecule has 2 heterocycles. The van der Waals surface area contributed by atoms with Crippen LogP contribution in [0, 0.1) is 6.92 Å². The van der Waals surface area contributed by atoms with Gasteiger partial charge in [0.1, 0.15) is 5.58 Å². The van der Waals surface area contributed by atoms with Gasteiger partial charge in [-0.25, -0.2) is 4.79 Å². The molecule has 22 heavy (non-hydrogen) atoms. The quantitative estimate of drug-likeness (QED) is 0.387. The molecule has 106 valence electrons. The summed E-state index contributed by atoms with van der Waals surface area (Å²) in [5.41, 5.74) is 3.76. The minimum Gasteiger partial charge on any atom is -0.422 e. The molecule has 0 amide bonds. The second-order valence-electron chi connectivity index (χ2n) is 5.29. The van der Waals surface area contributed by atoms with Crippen LogP contribution in [0.4, 0.5) is 0 Å². The Morgan fingerprint density at radius 1 is 0.955 bits per heavy atom. The first-order valence-corrected chi connectivity index (χ1v) is 7.12. The third-order valence-corrected chi connectivity index (χ3v) is 3.88. The van der Waals surface area contributed by atoms with Crippen molar-refractivity contribution >= 4 is 21.9 Å². The summed E-state index contributed by atoms with van der Waals surface area (Å²) in [5, 5.41) is 1.40. The predicted octanol–water partition coefficient (Wildman–Crippen LogP) is 4.32. The highest BCUT2D eigenvalue weighted by molar-refractivity contribution is 6.07. The first-order valence-electron chi connectivity index (χ1n) is 7.12. The van der Waals surface area contributed by atoms with Crippen molar-refractivity contribution in [2.24, 2.45) is 0 Å². The Bertz CT molecular complexity index is 1050. The number of para-hydroxylation sites is 1. The Kier molecular flexibility index (Phi) is 2.79. The van der Waals surface area contributed by atoms with Gasteiger partial charge in [-0.05, 0) is 30.2 Å². The van der Waals surface area contributed by atoms with E-state index < -0.39 is 0 Å². The number of hydrogen-bond donors (Lipinski definition) is 0. The summed E-state index contributed by atoms with van der Waals surface area (Å²) in [6.07, 6.45) is 1.82. The van der Waals surface area contributed by atoms with Crippen LogP contribution in [0.15, 0.2) is 70.0 Å². The molecule has 3 nitrogen and oxygen atoms in total. The third kappa shape index (κ3) is 1.83. The summed E-state index contributed by atoms with van der Waals surface area (Å²) in [5.74, 6) is 0. The van der Waals surface area contributed by atoms with E-state index in [1.807, 2.05) is 61.7 Å². The van der Waals surface area contributed by atoms with Crippen molar-refractivity contribution in [2.75, 3.05) is 0 Å². The van der Waals surface area contributed by atoms with Crippen LogP contribution in [0.25, 0.3) is 33.0 Å². The molecule has 0 unspecified atom stereocenters. The molecule has 3 heteroatoms. The van der Waals surface area contributed by atoms with E-state index in [1.54, 1.807) is 6.07 Å². The van der Waals surface area contributed by atoms with Crippen LogP contribution in [0.1, 0.15) is 5.56 Å². The number of nitrogens with zero attached hydrogens (tertiary/aromatic N) is 1. The van der Waals surface area contributed by atoms with Crippen molar-refractivity contribution in [3.05, 3.63) is 76.8 Å². The van der Waals surface area contributed by atoms with E-state index in [-0.39, 0.29) is 5.63 Å². The molecule has 0 radical (unpaired) electrons. The predicted molar refractivity (Wildman–Crippen MR) is 88.0 cm³/mol. The molecule has 0 saturated heterocycles. The summed E-state index contributed by atoms with van der Waals surface area (Å²) in [4.78, 5) is 17.0. The van der Waals surface area contributed by atoms with Gasteiger partial charge in [-0.3, -0.25) is 4.98 Å².